The summed E-state index contributed by atoms with van der Waals surface area (Å²) in [7, 11) is 1.81. The highest BCUT2D eigenvalue weighted by molar-refractivity contribution is 9.10. The first-order valence-corrected chi connectivity index (χ1v) is 8.79. The number of anilines is 1. The van der Waals surface area contributed by atoms with Gasteiger partial charge in [0.25, 0.3) is 5.91 Å². The van der Waals surface area contributed by atoms with E-state index in [0.29, 0.717) is 15.9 Å². The molecule has 0 aliphatic carbocycles. The van der Waals surface area contributed by atoms with Crippen LogP contribution in [-0.2, 0) is 13.6 Å². The van der Waals surface area contributed by atoms with E-state index in [1.807, 2.05) is 30.8 Å². The van der Waals surface area contributed by atoms with Crippen LogP contribution in [0.4, 0.5) is 5.69 Å². The highest BCUT2D eigenvalue weighted by atomic mass is 79.9. The van der Waals surface area contributed by atoms with E-state index in [4.69, 9.17) is 0 Å². The van der Waals surface area contributed by atoms with Gasteiger partial charge in [0.15, 0.2) is 5.69 Å². The molecule has 1 N–H and O–H groups in total. The van der Waals surface area contributed by atoms with E-state index >= 15 is 0 Å². The van der Waals surface area contributed by atoms with E-state index in [0.717, 1.165) is 23.3 Å². The van der Waals surface area contributed by atoms with Gasteiger partial charge in [-0.25, -0.2) is 4.68 Å². The van der Waals surface area contributed by atoms with E-state index in [1.165, 1.54) is 0 Å². The second-order valence-corrected chi connectivity index (χ2v) is 8.14. The Morgan fingerprint density at radius 2 is 2.04 bits per heavy atom. The predicted molar refractivity (Wildman–Crippen MR) is 101 cm³/mol. The summed E-state index contributed by atoms with van der Waals surface area (Å²) in [6.07, 6.45) is 0. The maximum atomic E-state index is 12.4. The average Bonchev–Trinajstić information content (AvgIpc) is 3.05. The lowest BCUT2D eigenvalue weighted by Crippen LogP contribution is -2.16. The predicted octanol–water partition coefficient (Wildman–Crippen LogP) is 3.53. The molecule has 2 aromatic heterocycles. The maximum Gasteiger partial charge on any atom is 0.276 e. The van der Waals surface area contributed by atoms with Crippen molar-refractivity contribution in [1.82, 2.24) is 24.8 Å². The Morgan fingerprint density at radius 1 is 1.32 bits per heavy atom. The first-order chi connectivity index (χ1) is 11.7. The van der Waals surface area contributed by atoms with Crippen LogP contribution in [0.15, 0.2) is 22.7 Å². The minimum atomic E-state index is -0.258. The fraction of sp³-hybridized carbons (Fsp3) is 0.412. The lowest BCUT2D eigenvalue weighted by Gasteiger charge is -2.18. The first kappa shape index (κ1) is 17.6. The summed E-state index contributed by atoms with van der Waals surface area (Å²) >= 11 is 3.54. The quantitative estimate of drug-likeness (QED) is 0.723. The average molecular weight is 405 g/mol. The van der Waals surface area contributed by atoms with Crippen molar-refractivity contribution in [3.8, 4) is 0 Å². The van der Waals surface area contributed by atoms with Crippen molar-refractivity contribution in [2.45, 2.75) is 34.2 Å². The largest absolute Gasteiger partial charge is 0.319 e. The number of aromatic nitrogens is 5. The summed E-state index contributed by atoms with van der Waals surface area (Å²) < 4.78 is 4.27. The van der Waals surface area contributed by atoms with E-state index in [-0.39, 0.29) is 11.3 Å². The lowest BCUT2D eigenvalue weighted by molar-refractivity contribution is 0.102. The molecule has 3 rings (SSSR count). The van der Waals surface area contributed by atoms with Gasteiger partial charge in [-0.2, -0.15) is 5.10 Å². The monoisotopic (exact) mass is 404 g/mol. The number of amides is 1. The van der Waals surface area contributed by atoms with E-state index in [1.54, 1.807) is 10.7 Å². The highest BCUT2D eigenvalue weighted by Gasteiger charge is 2.18. The van der Waals surface area contributed by atoms with Crippen molar-refractivity contribution in [2.24, 2.45) is 12.5 Å². The third-order valence-corrected chi connectivity index (χ3v) is 4.65. The minimum absolute atomic E-state index is 0.0941. The second-order valence-electron chi connectivity index (χ2n) is 7.35. The molecule has 0 fully saturated rings. The molecule has 0 spiro atoms. The Hall–Kier alpha value is -2.22. The highest BCUT2D eigenvalue weighted by Crippen LogP contribution is 2.31. The zero-order valence-electron chi connectivity index (χ0n) is 15.0. The summed E-state index contributed by atoms with van der Waals surface area (Å²) in [5, 5.41) is 15.6. The van der Waals surface area contributed by atoms with Crippen LogP contribution in [0.2, 0.25) is 0 Å². The number of aryl methyl sites for hydroxylation is 2. The number of carbonyl (C=O) groups is 1. The Morgan fingerprint density at radius 3 is 2.64 bits per heavy atom. The second kappa shape index (κ2) is 6.25. The van der Waals surface area contributed by atoms with Crippen LogP contribution in [0.25, 0.3) is 11.0 Å². The van der Waals surface area contributed by atoms with Crippen LogP contribution in [-0.4, -0.2) is 30.7 Å². The number of hydrogen-bond acceptors (Lipinski definition) is 4. The van der Waals surface area contributed by atoms with Crippen molar-refractivity contribution in [2.75, 3.05) is 5.32 Å². The van der Waals surface area contributed by atoms with Crippen LogP contribution in [0.3, 0.4) is 0 Å². The molecule has 3 aromatic rings. The van der Waals surface area contributed by atoms with Gasteiger partial charge in [0.1, 0.15) is 5.52 Å². The van der Waals surface area contributed by atoms with Gasteiger partial charge in [0.2, 0.25) is 0 Å². The molecule has 0 unspecified atom stereocenters. The Balaban J connectivity index is 1.90. The number of hydrogen-bond donors (Lipinski definition) is 1. The van der Waals surface area contributed by atoms with Crippen LogP contribution in [0.5, 0.6) is 0 Å². The standard InChI is InChI=1S/C17H21BrN6O/c1-10-8-12(21-23(10)5)16(25)19-11-6-7-13-15(14(11)18)20-22-24(13)9-17(2,3)4/h6-8H,9H2,1-5H3,(H,19,25). The molecule has 0 saturated carbocycles. The third-order valence-electron chi connectivity index (χ3n) is 3.84. The summed E-state index contributed by atoms with van der Waals surface area (Å²) in [5.41, 5.74) is 3.68. The number of halogens is 1. The number of fused-ring (bicyclic) bond motifs is 1. The van der Waals surface area contributed by atoms with Crippen molar-refractivity contribution in [3.05, 3.63) is 34.1 Å². The molecule has 8 heteroatoms. The molecule has 0 atom stereocenters. The van der Waals surface area contributed by atoms with Gasteiger partial charge >= 0.3 is 0 Å². The van der Waals surface area contributed by atoms with Crippen LogP contribution in [0, 0.1) is 12.3 Å². The minimum Gasteiger partial charge on any atom is -0.319 e. The van der Waals surface area contributed by atoms with Crippen molar-refractivity contribution < 1.29 is 4.79 Å². The number of benzene rings is 1. The molecule has 2 heterocycles. The van der Waals surface area contributed by atoms with Crippen molar-refractivity contribution in [3.63, 3.8) is 0 Å². The number of rotatable bonds is 3. The molecule has 0 aliphatic heterocycles. The Bertz CT molecular complexity index is 931. The third kappa shape index (κ3) is 3.58. The van der Waals surface area contributed by atoms with Gasteiger partial charge in [0, 0.05) is 19.3 Å². The smallest absolute Gasteiger partial charge is 0.276 e. The van der Waals surface area contributed by atoms with Crippen LogP contribution in [0.1, 0.15) is 37.0 Å². The first-order valence-electron chi connectivity index (χ1n) is 7.99. The summed E-state index contributed by atoms with van der Waals surface area (Å²) in [6.45, 7) is 9.12. The molecule has 1 aromatic carbocycles. The molecule has 132 valence electrons. The van der Waals surface area contributed by atoms with Gasteiger partial charge in [0.05, 0.1) is 15.7 Å². The SMILES string of the molecule is Cc1cc(C(=O)Nc2ccc3c(nnn3CC(C)(C)C)c2Br)nn1C. The van der Waals surface area contributed by atoms with Gasteiger partial charge in [-0.15, -0.1) is 5.10 Å². The van der Waals surface area contributed by atoms with Crippen molar-refractivity contribution in [1.29, 1.82) is 0 Å². The molecule has 0 radical (unpaired) electrons. The Kier molecular flexibility index (Phi) is 4.40. The normalized spacial score (nSPS) is 11.9. The Labute approximate surface area is 154 Å². The summed E-state index contributed by atoms with van der Waals surface area (Å²) in [4.78, 5) is 12.4. The molecule has 0 saturated heterocycles. The van der Waals surface area contributed by atoms with E-state index < -0.39 is 0 Å². The molecule has 0 bridgehead atoms. The van der Waals surface area contributed by atoms with E-state index in [2.05, 4.69) is 57.4 Å². The van der Waals surface area contributed by atoms with Gasteiger partial charge < -0.3 is 5.32 Å². The zero-order chi connectivity index (χ0) is 18.4. The van der Waals surface area contributed by atoms with Gasteiger partial charge in [-0.1, -0.05) is 26.0 Å². The molecule has 25 heavy (non-hydrogen) atoms. The number of nitrogens with one attached hydrogen (secondary N) is 1. The maximum absolute atomic E-state index is 12.4. The molecule has 7 nitrogen and oxygen atoms in total. The lowest BCUT2D eigenvalue weighted by atomic mass is 9.97. The summed E-state index contributed by atoms with van der Waals surface area (Å²) in [6, 6.07) is 5.52. The summed E-state index contributed by atoms with van der Waals surface area (Å²) in [5.74, 6) is -0.258. The molecule has 0 aliphatic rings. The van der Waals surface area contributed by atoms with Crippen LogP contribution >= 0.6 is 15.9 Å². The molecule has 1 amide bonds. The fourth-order valence-corrected chi connectivity index (χ4v) is 3.04. The topological polar surface area (TPSA) is 77.6 Å². The molecular formula is C17H21BrN6O. The zero-order valence-corrected chi connectivity index (χ0v) is 16.5. The van der Waals surface area contributed by atoms with Gasteiger partial charge in [-0.05, 0) is 46.5 Å². The van der Waals surface area contributed by atoms with Crippen LogP contribution < -0.4 is 5.32 Å². The van der Waals surface area contributed by atoms with Crippen molar-refractivity contribution >= 4 is 38.6 Å². The number of nitrogens with zero attached hydrogens (tertiary/aromatic N) is 5. The van der Waals surface area contributed by atoms with Gasteiger partial charge in [-0.3, -0.25) is 9.48 Å². The number of carbonyl (C=O) groups excluding carboxylic acids is 1. The van der Waals surface area contributed by atoms with E-state index in [9.17, 15) is 4.79 Å². The molecular weight excluding hydrogens is 384 g/mol. The fourth-order valence-electron chi connectivity index (χ4n) is 2.53.